The van der Waals surface area contributed by atoms with Gasteiger partial charge in [0.2, 0.25) is 0 Å². The highest BCUT2D eigenvalue weighted by molar-refractivity contribution is 7.87. The first kappa shape index (κ1) is 7.63. The lowest BCUT2D eigenvalue weighted by Gasteiger charge is -1.88. The Morgan fingerprint density at radius 2 is 2.70 bits per heavy atom. The zero-order valence-corrected chi connectivity index (χ0v) is 6.95. The Balaban J connectivity index is 2.68. The third-order valence-corrected chi connectivity index (χ3v) is 3.32. The minimum Gasteiger partial charge on any atom is -0.252 e. The molecule has 0 aliphatic carbocycles. The minimum absolute atomic E-state index is 0.494. The van der Waals surface area contributed by atoms with Gasteiger partial charge < -0.3 is 0 Å². The van der Waals surface area contributed by atoms with Crippen LogP contribution < -0.4 is 0 Å². The standard InChI is InChI=1S/C6H7NOS2/c1-2-5-10(8)6-7-3-4-9-6/h2-4H,1,5H2. The van der Waals surface area contributed by atoms with Crippen LogP contribution >= 0.6 is 11.3 Å². The van der Waals surface area contributed by atoms with Gasteiger partial charge in [0.05, 0.1) is 10.8 Å². The van der Waals surface area contributed by atoms with Gasteiger partial charge in [-0.25, -0.2) is 4.98 Å². The first-order valence-electron chi connectivity index (χ1n) is 2.73. The molecule has 2 nitrogen and oxygen atoms in total. The zero-order chi connectivity index (χ0) is 7.40. The van der Waals surface area contributed by atoms with E-state index in [1.54, 1.807) is 12.3 Å². The Kier molecular flexibility index (Phi) is 2.77. The van der Waals surface area contributed by atoms with Gasteiger partial charge in [-0.1, -0.05) is 6.08 Å². The molecule has 0 saturated heterocycles. The average molecular weight is 173 g/mol. The number of hydrogen-bond donors (Lipinski definition) is 0. The van der Waals surface area contributed by atoms with E-state index in [1.807, 2.05) is 5.38 Å². The molecule has 0 saturated carbocycles. The van der Waals surface area contributed by atoms with Crippen LogP contribution in [0, 0.1) is 0 Å². The second-order valence-electron chi connectivity index (χ2n) is 1.60. The fourth-order valence-electron chi connectivity index (χ4n) is 0.501. The van der Waals surface area contributed by atoms with Crippen molar-refractivity contribution in [1.29, 1.82) is 0 Å². The minimum atomic E-state index is -0.963. The molecular formula is C6H7NOS2. The smallest absolute Gasteiger partial charge is 0.180 e. The zero-order valence-electron chi connectivity index (χ0n) is 5.32. The molecule has 0 fully saturated rings. The fourth-order valence-corrected chi connectivity index (χ4v) is 2.20. The summed E-state index contributed by atoms with van der Waals surface area (Å²) in [6.45, 7) is 3.49. The normalized spacial score (nSPS) is 12.8. The Morgan fingerprint density at radius 1 is 1.90 bits per heavy atom. The van der Waals surface area contributed by atoms with Crippen LogP contribution in [-0.2, 0) is 10.8 Å². The summed E-state index contributed by atoms with van der Waals surface area (Å²) in [6.07, 6.45) is 3.29. The Morgan fingerprint density at radius 3 is 3.20 bits per heavy atom. The maximum Gasteiger partial charge on any atom is 0.180 e. The number of rotatable bonds is 3. The molecule has 0 N–H and O–H groups in total. The number of aromatic nitrogens is 1. The van der Waals surface area contributed by atoms with E-state index in [0.717, 1.165) is 0 Å². The van der Waals surface area contributed by atoms with Crippen LogP contribution in [0.1, 0.15) is 0 Å². The molecule has 0 amide bonds. The monoisotopic (exact) mass is 173 g/mol. The summed E-state index contributed by atoms with van der Waals surface area (Å²) in [5.41, 5.74) is 0. The van der Waals surface area contributed by atoms with E-state index >= 15 is 0 Å². The highest BCUT2D eigenvalue weighted by Gasteiger charge is 2.01. The first-order valence-corrected chi connectivity index (χ1v) is 4.93. The maximum absolute atomic E-state index is 11.1. The molecule has 1 rings (SSSR count). The first-order chi connectivity index (χ1) is 4.84. The van der Waals surface area contributed by atoms with Crippen molar-refractivity contribution in [2.45, 2.75) is 4.34 Å². The van der Waals surface area contributed by atoms with Crippen molar-refractivity contribution >= 4 is 22.1 Å². The van der Waals surface area contributed by atoms with Crippen molar-refractivity contribution in [3.8, 4) is 0 Å². The van der Waals surface area contributed by atoms with Gasteiger partial charge in [0.15, 0.2) is 4.34 Å². The molecule has 1 unspecified atom stereocenters. The number of nitrogens with zero attached hydrogens (tertiary/aromatic N) is 1. The molecular weight excluding hydrogens is 166 g/mol. The van der Waals surface area contributed by atoms with Crippen molar-refractivity contribution in [3.05, 3.63) is 24.2 Å². The number of thiazole rings is 1. The number of hydrogen-bond acceptors (Lipinski definition) is 3. The van der Waals surface area contributed by atoms with Gasteiger partial charge in [0, 0.05) is 17.3 Å². The van der Waals surface area contributed by atoms with E-state index in [9.17, 15) is 4.21 Å². The summed E-state index contributed by atoms with van der Waals surface area (Å²) in [5.74, 6) is 0.494. The predicted octanol–water partition coefficient (Wildman–Crippen LogP) is 1.44. The van der Waals surface area contributed by atoms with E-state index < -0.39 is 10.8 Å². The predicted molar refractivity (Wildman–Crippen MR) is 43.6 cm³/mol. The molecule has 1 aromatic rings. The van der Waals surface area contributed by atoms with Gasteiger partial charge in [-0.2, -0.15) is 0 Å². The van der Waals surface area contributed by atoms with Crippen molar-refractivity contribution in [3.63, 3.8) is 0 Å². The van der Waals surface area contributed by atoms with E-state index in [4.69, 9.17) is 0 Å². The maximum atomic E-state index is 11.1. The summed E-state index contributed by atoms with van der Waals surface area (Å²) in [4.78, 5) is 3.91. The molecule has 4 heteroatoms. The van der Waals surface area contributed by atoms with Gasteiger partial charge in [-0.15, -0.1) is 17.9 Å². The molecule has 0 bridgehead atoms. The molecule has 0 spiro atoms. The van der Waals surface area contributed by atoms with Crippen molar-refractivity contribution in [2.24, 2.45) is 0 Å². The topological polar surface area (TPSA) is 30.0 Å². The highest BCUT2D eigenvalue weighted by Crippen LogP contribution is 2.09. The summed E-state index contributed by atoms with van der Waals surface area (Å²) in [5, 5.41) is 1.82. The molecule has 10 heavy (non-hydrogen) atoms. The van der Waals surface area contributed by atoms with Crippen LogP contribution in [-0.4, -0.2) is 14.9 Å². The van der Waals surface area contributed by atoms with E-state index in [0.29, 0.717) is 10.1 Å². The van der Waals surface area contributed by atoms with Gasteiger partial charge in [0.25, 0.3) is 0 Å². The third kappa shape index (κ3) is 1.75. The summed E-state index contributed by atoms with van der Waals surface area (Å²) < 4.78 is 11.8. The Labute approximate surface area is 66.1 Å². The second kappa shape index (κ2) is 3.63. The van der Waals surface area contributed by atoms with Crippen LogP contribution in [0.5, 0.6) is 0 Å². The highest BCUT2D eigenvalue weighted by atomic mass is 32.2. The second-order valence-corrected chi connectivity index (χ2v) is 4.16. The summed E-state index contributed by atoms with van der Waals surface area (Å²) in [7, 11) is -0.963. The van der Waals surface area contributed by atoms with Crippen LogP contribution in [0.3, 0.4) is 0 Å². The lowest BCUT2D eigenvalue weighted by Crippen LogP contribution is -1.92. The van der Waals surface area contributed by atoms with Gasteiger partial charge in [-0.05, 0) is 0 Å². The van der Waals surface area contributed by atoms with Crippen molar-refractivity contribution in [1.82, 2.24) is 4.98 Å². The van der Waals surface area contributed by atoms with Gasteiger partial charge in [0.1, 0.15) is 0 Å². The van der Waals surface area contributed by atoms with Crippen LogP contribution in [0.25, 0.3) is 0 Å². The molecule has 0 aliphatic heterocycles. The third-order valence-electron chi connectivity index (χ3n) is 0.874. The lowest BCUT2D eigenvalue weighted by molar-refractivity contribution is 0.684. The van der Waals surface area contributed by atoms with Gasteiger partial charge in [-0.3, -0.25) is 4.21 Å². The summed E-state index contributed by atoms with van der Waals surface area (Å²) in [6, 6.07) is 0. The lowest BCUT2D eigenvalue weighted by atomic mass is 10.8. The quantitative estimate of drug-likeness (QED) is 0.647. The average Bonchev–Trinajstić information content (AvgIpc) is 2.38. The molecule has 0 radical (unpaired) electrons. The molecule has 54 valence electrons. The van der Waals surface area contributed by atoms with E-state index in [2.05, 4.69) is 11.6 Å². The van der Waals surface area contributed by atoms with Crippen LogP contribution in [0.15, 0.2) is 28.6 Å². The van der Waals surface area contributed by atoms with Gasteiger partial charge >= 0.3 is 0 Å². The SMILES string of the molecule is C=CCS(=O)c1nccs1. The Bertz CT molecular complexity index is 230. The molecule has 1 atom stereocenters. The summed E-state index contributed by atoms with van der Waals surface area (Å²) >= 11 is 1.41. The van der Waals surface area contributed by atoms with E-state index in [-0.39, 0.29) is 0 Å². The van der Waals surface area contributed by atoms with Crippen LogP contribution in [0.4, 0.5) is 0 Å². The molecule has 1 aromatic heterocycles. The fraction of sp³-hybridized carbons (Fsp3) is 0.167. The van der Waals surface area contributed by atoms with Crippen molar-refractivity contribution < 1.29 is 4.21 Å². The van der Waals surface area contributed by atoms with Crippen molar-refractivity contribution in [2.75, 3.05) is 5.75 Å². The van der Waals surface area contributed by atoms with Crippen LogP contribution in [0.2, 0.25) is 0 Å². The molecule has 1 heterocycles. The molecule has 0 aliphatic rings. The molecule has 0 aromatic carbocycles. The van der Waals surface area contributed by atoms with E-state index in [1.165, 1.54) is 11.3 Å². The Hall–Kier alpha value is -0.480. The largest absolute Gasteiger partial charge is 0.252 e.